The summed E-state index contributed by atoms with van der Waals surface area (Å²) in [4.78, 5) is 14.1. The molecule has 0 aliphatic carbocycles. The first-order valence-corrected chi connectivity index (χ1v) is 9.59. The summed E-state index contributed by atoms with van der Waals surface area (Å²) >= 11 is 6.02. The molecule has 8 heteroatoms. The fourth-order valence-corrected chi connectivity index (χ4v) is 4.18. The fourth-order valence-electron chi connectivity index (χ4n) is 2.67. The molecular formula is C15H22Cl2N2O3S. The molecule has 5 nitrogen and oxygen atoms in total. The number of nitrogens with one attached hydrogen (secondary N) is 1. The molecular weight excluding hydrogens is 359 g/mol. The van der Waals surface area contributed by atoms with E-state index >= 15 is 0 Å². The lowest BCUT2D eigenvalue weighted by molar-refractivity contribution is -0.131. The van der Waals surface area contributed by atoms with Gasteiger partial charge in [0.25, 0.3) is 0 Å². The summed E-state index contributed by atoms with van der Waals surface area (Å²) in [6.45, 7) is 3.55. The Hall–Kier alpha value is -0.820. The Kier molecular flexibility index (Phi) is 7.80. The Labute approximate surface area is 148 Å². The van der Waals surface area contributed by atoms with E-state index in [0.717, 1.165) is 5.56 Å². The molecule has 1 unspecified atom stereocenters. The summed E-state index contributed by atoms with van der Waals surface area (Å²) in [6.07, 6.45) is 0.523. The first-order chi connectivity index (χ1) is 10.4. The summed E-state index contributed by atoms with van der Waals surface area (Å²) < 4.78 is 23.8. The van der Waals surface area contributed by atoms with Crippen molar-refractivity contribution < 1.29 is 13.2 Å². The highest BCUT2D eigenvalue weighted by Gasteiger charge is 2.30. The second kappa shape index (κ2) is 8.87. The molecule has 0 aromatic heterocycles. The van der Waals surface area contributed by atoms with Crippen LogP contribution in [0.1, 0.15) is 24.9 Å². The average molecular weight is 381 g/mol. The van der Waals surface area contributed by atoms with Crippen molar-refractivity contribution in [2.24, 2.45) is 0 Å². The molecule has 2 rings (SSSR count). The zero-order valence-corrected chi connectivity index (χ0v) is 15.4. The predicted octanol–water partition coefficient (Wildman–Crippen LogP) is 2.06. The fraction of sp³-hybridized carbons (Fsp3) is 0.533. The predicted molar refractivity (Wildman–Crippen MR) is 95.0 cm³/mol. The van der Waals surface area contributed by atoms with Gasteiger partial charge in [-0.1, -0.05) is 30.7 Å². The van der Waals surface area contributed by atoms with Gasteiger partial charge in [0.1, 0.15) is 5.75 Å². The third-order valence-electron chi connectivity index (χ3n) is 3.66. The number of nitrogens with zero attached hydrogens (tertiary/aromatic N) is 1. The van der Waals surface area contributed by atoms with Crippen LogP contribution >= 0.6 is 24.0 Å². The lowest BCUT2D eigenvalue weighted by Gasteiger charge is -2.36. The second-order valence-electron chi connectivity index (χ2n) is 5.45. The summed E-state index contributed by atoms with van der Waals surface area (Å²) in [5, 5.41) is 3.84. The molecule has 1 saturated heterocycles. The van der Waals surface area contributed by atoms with Gasteiger partial charge in [0.05, 0.1) is 11.8 Å². The van der Waals surface area contributed by atoms with Crippen LogP contribution in [-0.4, -0.2) is 50.4 Å². The molecule has 1 aromatic rings. The minimum atomic E-state index is -3.33. The van der Waals surface area contributed by atoms with Crippen LogP contribution in [0.2, 0.25) is 5.02 Å². The van der Waals surface area contributed by atoms with E-state index in [0.29, 0.717) is 31.1 Å². The number of piperazine rings is 1. The maximum Gasteiger partial charge on any atom is 0.238 e. The Morgan fingerprint density at radius 2 is 2.17 bits per heavy atom. The number of carbonyl (C=O) groups is 1. The van der Waals surface area contributed by atoms with Crippen molar-refractivity contribution in [3.63, 3.8) is 0 Å². The van der Waals surface area contributed by atoms with Gasteiger partial charge >= 0.3 is 0 Å². The van der Waals surface area contributed by atoms with Crippen molar-refractivity contribution in [1.29, 1.82) is 0 Å². The number of amides is 1. The molecule has 0 saturated carbocycles. The van der Waals surface area contributed by atoms with Crippen molar-refractivity contribution in [1.82, 2.24) is 10.2 Å². The first-order valence-electron chi connectivity index (χ1n) is 7.39. The van der Waals surface area contributed by atoms with Gasteiger partial charge in [0.15, 0.2) is 9.84 Å². The van der Waals surface area contributed by atoms with Crippen molar-refractivity contribution >= 4 is 39.8 Å². The van der Waals surface area contributed by atoms with Crippen molar-refractivity contribution in [2.45, 2.75) is 19.4 Å². The number of sulfone groups is 1. The molecule has 1 aromatic carbocycles. The third-order valence-corrected chi connectivity index (χ3v) is 5.61. The minimum absolute atomic E-state index is 0. The average Bonchev–Trinajstić information content (AvgIpc) is 2.46. The Morgan fingerprint density at radius 1 is 1.43 bits per heavy atom. The summed E-state index contributed by atoms with van der Waals surface area (Å²) in [5.74, 6) is -0.704. The van der Waals surface area contributed by atoms with Crippen LogP contribution in [0.3, 0.4) is 0 Å². The molecule has 0 bridgehead atoms. The standard InChI is InChI=1S/C15H21ClN2O3S.ClH/c1-2-8-22(20,21)11-15(19)18-7-6-17-10-14(18)12-4-3-5-13(16)9-12;/h3-5,9,14,17H,2,6-8,10-11H2,1H3;1H. The van der Waals surface area contributed by atoms with Crippen LogP contribution in [-0.2, 0) is 14.6 Å². The lowest BCUT2D eigenvalue weighted by Crippen LogP contribution is -2.50. The summed E-state index contributed by atoms with van der Waals surface area (Å²) in [7, 11) is -3.33. The maximum absolute atomic E-state index is 12.4. The molecule has 1 aliphatic heterocycles. The molecule has 23 heavy (non-hydrogen) atoms. The van der Waals surface area contributed by atoms with Crippen LogP contribution < -0.4 is 5.32 Å². The number of rotatable bonds is 5. The molecule has 1 fully saturated rings. The Morgan fingerprint density at radius 3 is 2.83 bits per heavy atom. The number of carbonyl (C=O) groups excluding carboxylic acids is 1. The monoisotopic (exact) mass is 380 g/mol. The van der Waals surface area contributed by atoms with Crippen molar-refractivity contribution in [2.75, 3.05) is 31.1 Å². The largest absolute Gasteiger partial charge is 0.332 e. The van der Waals surface area contributed by atoms with Crippen molar-refractivity contribution in [3.05, 3.63) is 34.9 Å². The van der Waals surface area contributed by atoms with Gasteiger partial charge in [-0.2, -0.15) is 0 Å². The zero-order chi connectivity index (χ0) is 16.2. The maximum atomic E-state index is 12.4. The molecule has 0 radical (unpaired) electrons. The van der Waals surface area contributed by atoms with Gasteiger partial charge in [-0.05, 0) is 24.1 Å². The van der Waals surface area contributed by atoms with Gasteiger partial charge in [-0.3, -0.25) is 4.79 Å². The SMILES string of the molecule is CCCS(=O)(=O)CC(=O)N1CCNCC1c1cccc(Cl)c1.Cl. The molecule has 1 N–H and O–H groups in total. The molecule has 1 heterocycles. The van der Waals surface area contributed by atoms with Gasteiger partial charge < -0.3 is 10.2 Å². The van der Waals surface area contributed by atoms with Crippen LogP contribution in [0, 0.1) is 0 Å². The van der Waals surface area contributed by atoms with Gasteiger partial charge in [0.2, 0.25) is 5.91 Å². The second-order valence-corrected chi connectivity index (χ2v) is 8.07. The van der Waals surface area contributed by atoms with Crippen LogP contribution in [0.15, 0.2) is 24.3 Å². The first kappa shape index (κ1) is 20.2. The molecule has 1 aliphatic rings. The number of hydrogen-bond acceptors (Lipinski definition) is 4. The quantitative estimate of drug-likeness (QED) is 0.848. The van der Waals surface area contributed by atoms with Crippen LogP contribution in [0.4, 0.5) is 0 Å². The van der Waals surface area contributed by atoms with Gasteiger partial charge in [0, 0.05) is 24.7 Å². The van der Waals surface area contributed by atoms with E-state index in [-0.39, 0.29) is 30.1 Å². The molecule has 130 valence electrons. The summed E-state index contributed by atoms with van der Waals surface area (Å²) in [6, 6.07) is 7.16. The van der Waals surface area contributed by atoms with E-state index in [2.05, 4.69) is 5.32 Å². The van der Waals surface area contributed by atoms with Crippen molar-refractivity contribution in [3.8, 4) is 0 Å². The summed E-state index contributed by atoms with van der Waals surface area (Å²) in [5.41, 5.74) is 0.918. The lowest BCUT2D eigenvalue weighted by atomic mass is 10.0. The van der Waals surface area contributed by atoms with E-state index in [1.54, 1.807) is 17.9 Å². The van der Waals surface area contributed by atoms with E-state index in [1.807, 2.05) is 18.2 Å². The molecule has 1 amide bonds. The highest BCUT2D eigenvalue weighted by atomic mass is 35.5. The highest BCUT2D eigenvalue weighted by Crippen LogP contribution is 2.25. The van der Waals surface area contributed by atoms with E-state index in [9.17, 15) is 13.2 Å². The molecule has 1 atom stereocenters. The highest BCUT2D eigenvalue weighted by molar-refractivity contribution is 7.92. The third kappa shape index (κ3) is 5.64. The van der Waals surface area contributed by atoms with E-state index < -0.39 is 15.6 Å². The Balaban J connectivity index is 0.00000264. The molecule has 0 spiro atoms. The smallest absolute Gasteiger partial charge is 0.238 e. The van der Waals surface area contributed by atoms with E-state index in [1.165, 1.54) is 0 Å². The number of halogens is 2. The van der Waals surface area contributed by atoms with Crippen LogP contribution in [0.5, 0.6) is 0 Å². The topological polar surface area (TPSA) is 66.5 Å². The number of hydrogen-bond donors (Lipinski definition) is 1. The zero-order valence-electron chi connectivity index (χ0n) is 13.0. The van der Waals surface area contributed by atoms with E-state index in [4.69, 9.17) is 11.6 Å². The normalized spacial score (nSPS) is 18.3. The minimum Gasteiger partial charge on any atom is -0.332 e. The van der Waals surface area contributed by atoms with Gasteiger partial charge in [-0.25, -0.2) is 8.42 Å². The number of benzene rings is 1. The van der Waals surface area contributed by atoms with Crippen LogP contribution in [0.25, 0.3) is 0 Å². The Bertz CT molecular complexity index is 637. The van der Waals surface area contributed by atoms with Gasteiger partial charge in [-0.15, -0.1) is 12.4 Å².